The van der Waals surface area contributed by atoms with Gasteiger partial charge in [-0.1, -0.05) is 42.5 Å². The fourth-order valence-corrected chi connectivity index (χ4v) is 3.69. The molecule has 0 atom stereocenters. The van der Waals surface area contributed by atoms with Crippen LogP contribution in [0.3, 0.4) is 0 Å². The first-order valence-electron chi connectivity index (χ1n) is 10.4. The molecule has 168 valence electrons. The lowest BCUT2D eigenvalue weighted by atomic mass is 10.0. The fourth-order valence-electron chi connectivity index (χ4n) is 3.69. The van der Waals surface area contributed by atoms with Crippen molar-refractivity contribution in [2.24, 2.45) is 0 Å². The van der Waals surface area contributed by atoms with Gasteiger partial charge in [0, 0.05) is 12.1 Å². The summed E-state index contributed by atoms with van der Waals surface area (Å²) in [6.07, 6.45) is 4.81. The monoisotopic (exact) mass is 443 g/mol. The van der Waals surface area contributed by atoms with Gasteiger partial charge in [0.25, 0.3) is 0 Å². The van der Waals surface area contributed by atoms with E-state index in [2.05, 4.69) is 34.7 Å². The topological polar surface area (TPSA) is 74.6 Å². The van der Waals surface area contributed by atoms with Crippen LogP contribution in [0.5, 0.6) is 17.2 Å². The second kappa shape index (κ2) is 9.91. The van der Waals surface area contributed by atoms with Crippen molar-refractivity contribution in [3.63, 3.8) is 0 Å². The van der Waals surface area contributed by atoms with Gasteiger partial charge in [-0.25, -0.2) is 4.68 Å². The van der Waals surface area contributed by atoms with Gasteiger partial charge in [0.15, 0.2) is 11.5 Å². The number of amides is 1. The van der Waals surface area contributed by atoms with Gasteiger partial charge >= 0.3 is 0 Å². The molecule has 0 aliphatic heterocycles. The molecule has 4 aromatic rings. The van der Waals surface area contributed by atoms with Crippen molar-refractivity contribution in [3.05, 3.63) is 84.1 Å². The zero-order valence-electron chi connectivity index (χ0n) is 18.7. The van der Waals surface area contributed by atoms with E-state index in [-0.39, 0.29) is 5.91 Å². The van der Waals surface area contributed by atoms with Gasteiger partial charge in [0.1, 0.15) is 5.82 Å². The molecule has 0 fully saturated rings. The number of methoxy groups -OCH3 is 3. The number of hydrogen-bond donors (Lipinski definition) is 1. The molecule has 1 amide bonds. The Morgan fingerprint density at radius 3 is 2.42 bits per heavy atom. The maximum absolute atomic E-state index is 12.6. The Bertz CT molecular complexity index is 1280. The molecule has 0 aliphatic rings. The average Bonchev–Trinajstić information content (AvgIpc) is 3.28. The molecule has 3 aromatic carbocycles. The van der Waals surface area contributed by atoms with E-state index in [1.807, 2.05) is 18.2 Å². The normalized spacial score (nSPS) is 11.0. The van der Waals surface area contributed by atoms with Crippen LogP contribution in [0.2, 0.25) is 0 Å². The van der Waals surface area contributed by atoms with Gasteiger partial charge in [-0.2, -0.15) is 5.10 Å². The Hall–Kier alpha value is -4.26. The van der Waals surface area contributed by atoms with Gasteiger partial charge in [0.2, 0.25) is 11.7 Å². The summed E-state index contributed by atoms with van der Waals surface area (Å²) >= 11 is 0. The summed E-state index contributed by atoms with van der Waals surface area (Å²) in [7, 11) is 4.65. The third-order valence-electron chi connectivity index (χ3n) is 5.28. The molecular weight excluding hydrogens is 418 g/mol. The van der Waals surface area contributed by atoms with E-state index in [0.717, 1.165) is 16.5 Å². The minimum atomic E-state index is -0.275. The molecule has 0 bridgehead atoms. The molecule has 0 saturated heterocycles. The molecule has 33 heavy (non-hydrogen) atoms. The van der Waals surface area contributed by atoms with Crippen LogP contribution in [0.4, 0.5) is 5.82 Å². The number of hydrogen-bond acceptors (Lipinski definition) is 5. The van der Waals surface area contributed by atoms with Crippen molar-refractivity contribution >= 4 is 28.6 Å². The highest BCUT2D eigenvalue weighted by atomic mass is 16.5. The number of carbonyl (C=O) groups is 1. The lowest BCUT2D eigenvalue weighted by molar-refractivity contribution is -0.111. The van der Waals surface area contributed by atoms with Crippen molar-refractivity contribution in [1.82, 2.24) is 9.78 Å². The van der Waals surface area contributed by atoms with Gasteiger partial charge in [-0.15, -0.1) is 0 Å². The van der Waals surface area contributed by atoms with Gasteiger partial charge in [0.05, 0.1) is 34.1 Å². The third kappa shape index (κ3) is 4.82. The van der Waals surface area contributed by atoms with E-state index >= 15 is 0 Å². The van der Waals surface area contributed by atoms with Gasteiger partial charge in [-0.3, -0.25) is 4.79 Å². The lowest BCUT2D eigenvalue weighted by Crippen LogP contribution is -2.14. The Balaban J connectivity index is 1.50. The largest absolute Gasteiger partial charge is 0.493 e. The summed E-state index contributed by atoms with van der Waals surface area (Å²) in [5.74, 6) is 1.87. The first kappa shape index (κ1) is 22.0. The van der Waals surface area contributed by atoms with E-state index in [1.165, 1.54) is 11.5 Å². The first-order valence-corrected chi connectivity index (χ1v) is 10.4. The number of fused-ring (bicyclic) bond motifs is 1. The highest BCUT2D eigenvalue weighted by molar-refractivity contribution is 6.01. The second-order valence-corrected chi connectivity index (χ2v) is 7.29. The molecule has 0 unspecified atom stereocenters. The van der Waals surface area contributed by atoms with Crippen molar-refractivity contribution in [2.45, 2.75) is 6.54 Å². The van der Waals surface area contributed by atoms with E-state index in [0.29, 0.717) is 29.6 Å². The van der Waals surface area contributed by atoms with E-state index in [1.54, 1.807) is 56.5 Å². The maximum atomic E-state index is 12.6. The van der Waals surface area contributed by atoms with E-state index in [4.69, 9.17) is 14.2 Å². The van der Waals surface area contributed by atoms with Crippen LogP contribution in [-0.4, -0.2) is 37.0 Å². The Kier molecular flexibility index (Phi) is 6.59. The Morgan fingerprint density at radius 1 is 0.970 bits per heavy atom. The number of aromatic nitrogens is 2. The van der Waals surface area contributed by atoms with Crippen LogP contribution < -0.4 is 19.5 Å². The SMILES string of the molecule is COc1cc(/C=C/C(=O)Nc2ccnn2Cc2cccc3ccccc23)cc(OC)c1OC. The summed E-state index contributed by atoms with van der Waals surface area (Å²) in [6, 6.07) is 19.7. The number of nitrogens with one attached hydrogen (secondary N) is 1. The van der Waals surface area contributed by atoms with Crippen LogP contribution in [-0.2, 0) is 11.3 Å². The molecule has 1 aromatic heterocycles. The molecule has 4 rings (SSSR count). The van der Waals surface area contributed by atoms with Crippen molar-refractivity contribution in [3.8, 4) is 17.2 Å². The molecule has 0 aliphatic carbocycles. The molecule has 1 N–H and O–H groups in total. The van der Waals surface area contributed by atoms with Crippen molar-refractivity contribution in [1.29, 1.82) is 0 Å². The smallest absolute Gasteiger partial charge is 0.249 e. The lowest BCUT2D eigenvalue weighted by Gasteiger charge is -2.13. The van der Waals surface area contributed by atoms with Crippen LogP contribution in [0.25, 0.3) is 16.8 Å². The molecular formula is C26H25N3O4. The second-order valence-electron chi connectivity index (χ2n) is 7.29. The average molecular weight is 444 g/mol. The minimum absolute atomic E-state index is 0.275. The van der Waals surface area contributed by atoms with Crippen LogP contribution in [0.1, 0.15) is 11.1 Å². The van der Waals surface area contributed by atoms with Crippen molar-refractivity contribution in [2.75, 3.05) is 26.6 Å². The number of nitrogens with zero attached hydrogens (tertiary/aromatic N) is 2. The van der Waals surface area contributed by atoms with Gasteiger partial charge in [-0.05, 0) is 40.1 Å². The van der Waals surface area contributed by atoms with Gasteiger partial charge < -0.3 is 19.5 Å². The number of rotatable bonds is 8. The number of carbonyl (C=O) groups excluding carboxylic acids is 1. The van der Waals surface area contributed by atoms with Crippen molar-refractivity contribution < 1.29 is 19.0 Å². The highest BCUT2D eigenvalue weighted by Crippen LogP contribution is 2.38. The molecule has 7 nitrogen and oxygen atoms in total. The molecule has 7 heteroatoms. The zero-order valence-corrected chi connectivity index (χ0v) is 18.7. The summed E-state index contributed by atoms with van der Waals surface area (Å²) < 4.78 is 17.8. The standard InChI is InChI=1S/C26H25N3O4/c1-31-22-15-18(16-23(32-2)26(22)33-3)11-12-25(30)28-24-13-14-27-29(24)17-20-9-6-8-19-7-4-5-10-21(19)20/h4-16H,17H2,1-3H3,(H,28,30)/b12-11+. The number of ether oxygens (including phenoxy) is 3. The first-order chi connectivity index (χ1) is 16.1. The predicted molar refractivity (Wildman–Crippen MR) is 129 cm³/mol. The molecule has 0 spiro atoms. The quantitative estimate of drug-likeness (QED) is 0.398. The summed E-state index contributed by atoms with van der Waals surface area (Å²) in [6.45, 7) is 0.542. The number of benzene rings is 3. The predicted octanol–water partition coefficient (Wildman–Crippen LogP) is 4.76. The molecule has 0 saturated carbocycles. The summed E-state index contributed by atoms with van der Waals surface area (Å²) in [5.41, 5.74) is 1.86. The van der Waals surface area contributed by atoms with Crippen LogP contribution in [0, 0.1) is 0 Å². The summed E-state index contributed by atoms with van der Waals surface area (Å²) in [4.78, 5) is 12.6. The van der Waals surface area contributed by atoms with E-state index < -0.39 is 0 Å². The summed E-state index contributed by atoms with van der Waals surface area (Å²) in [5, 5.41) is 9.61. The van der Waals surface area contributed by atoms with E-state index in [9.17, 15) is 4.79 Å². The maximum Gasteiger partial charge on any atom is 0.249 e. The third-order valence-corrected chi connectivity index (χ3v) is 5.28. The molecule has 0 radical (unpaired) electrons. The molecule has 1 heterocycles. The zero-order chi connectivity index (χ0) is 23.2. The van der Waals surface area contributed by atoms with Crippen LogP contribution in [0.15, 0.2) is 72.9 Å². The Morgan fingerprint density at radius 2 is 1.70 bits per heavy atom. The number of anilines is 1. The fraction of sp³-hybridized carbons (Fsp3) is 0.154. The minimum Gasteiger partial charge on any atom is -0.493 e. The van der Waals surface area contributed by atoms with Crippen LogP contribution >= 0.6 is 0 Å². The highest BCUT2D eigenvalue weighted by Gasteiger charge is 2.13. The Labute approximate surface area is 192 Å².